The molecule has 3 aromatic carbocycles. The predicted octanol–water partition coefficient (Wildman–Crippen LogP) is 7.44. The molecule has 2 aromatic heterocycles. The van der Waals surface area contributed by atoms with Crippen LogP contribution in [0.4, 0.5) is 0 Å². The van der Waals surface area contributed by atoms with Gasteiger partial charge in [-0.3, -0.25) is 0 Å². The van der Waals surface area contributed by atoms with Gasteiger partial charge in [-0.2, -0.15) is 16.4 Å². The summed E-state index contributed by atoms with van der Waals surface area (Å²) >= 11 is 7.76. The average molecular weight is 501 g/mol. The van der Waals surface area contributed by atoms with E-state index in [0.29, 0.717) is 10.8 Å². The number of nitrogens with zero attached hydrogens (tertiary/aromatic N) is 2. The van der Waals surface area contributed by atoms with Gasteiger partial charge in [-0.15, -0.1) is 0 Å². The number of carboxylic acid groups (broad SMARTS) is 1. The van der Waals surface area contributed by atoms with Crippen molar-refractivity contribution in [3.05, 3.63) is 101 Å². The van der Waals surface area contributed by atoms with Gasteiger partial charge in [-0.25, -0.2) is 9.48 Å². The molecule has 0 spiro atoms. The molecule has 7 heteroatoms. The molecular weight excluding hydrogens is 480 g/mol. The summed E-state index contributed by atoms with van der Waals surface area (Å²) in [5, 5.41) is 19.0. The van der Waals surface area contributed by atoms with Crippen molar-refractivity contribution in [2.75, 3.05) is 0 Å². The fourth-order valence-electron chi connectivity index (χ4n) is 3.86. The van der Waals surface area contributed by atoms with E-state index < -0.39 is 12.1 Å². The summed E-state index contributed by atoms with van der Waals surface area (Å²) in [6, 6.07) is 27.2. The first-order chi connectivity index (χ1) is 17.0. The summed E-state index contributed by atoms with van der Waals surface area (Å²) in [5.74, 6) is -0.512. The van der Waals surface area contributed by atoms with Crippen molar-refractivity contribution < 1.29 is 14.6 Å². The van der Waals surface area contributed by atoms with Crippen LogP contribution in [0, 0.1) is 0 Å². The van der Waals surface area contributed by atoms with Crippen LogP contribution in [0.3, 0.4) is 0 Å². The molecule has 0 saturated carbocycles. The van der Waals surface area contributed by atoms with Crippen LogP contribution in [0.15, 0.2) is 95.7 Å². The lowest BCUT2D eigenvalue weighted by Crippen LogP contribution is -2.22. The molecule has 5 rings (SSSR count). The topological polar surface area (TPSA) is 64.4 Å². The second kappa shape index (κ2) is 9.78. The number of aliphatic carboxylic acids is 1. The number of ether oxygens (including phenoxy) is 1. The lowest BCUT2D eigenvalue weighted by atomic mass is 9.97. The number of hydrogen-bond donors (Lipinski definition) is 1. The van der Waals surface area contributed by atoms with Crippen LogP contribution in [-0.4, -0.2) is 27.0 Å². The van der Waals surface area contributed by atoms with E-state index in [-0.39, 0.29) is 0 Å². The largest absolute Gasteiger partial charge is 0.479 e. The SMILES string of the molecule is CC(Oc1cccc(-c2ccccc2-c2cc(-c3ccsc3)n(-c3ccc(Cl)cc3)n2)c1)C(=O)O. The molecule has 5 nitrogen and oxygen atoms in total. The van der Waals surface area contributed by atoms with Gasteiger partial charge in [-0.1, -0.05) is 48.0 Å². The Labute approximate surface area is 211 Å². The van der Waals surface area contributed by atoms with E-state index in [1.807, 2.05) is 76.8 Å². The van der Waals surface area contributed by atoms with E-state index >= 15 is 0 Å². The van der Waals surface area contributed by atoms with E-state index in [1.54, 1.807) is 17.4 Å². The van der Waals surface area contributed by atoms with E-state index in [9.17, 15) is 9.90 Å². The van der Waals surface area contributed by atoms with Crippen molar-refractivity contribution in [1.82, 2.24) is 9.78 Å². The Balaban J connectivity index is 1.61. The van der Waals surface area contributed by atoms with Crippen molar-refractivity contribution >= 4 is 28.9 Å². The number of halogens is 1. The molecule has 5 aromatic rings. The second-order valence-corrected chi connectivity index (χ2v) is 9.20. The number of rotatable bonds is 7. The predicted molar refractivity (Wildman–Crippen MR) is 140 cm³/mol. The average Bonchev–Trinajstić information content (AvgIpc) is 3.55. The molecule has 1 unspecified atom stereocenters. The highest BCUT2D eigenvalue weighted by atomic mass is 35.5. The molecule has 2 heterocycles. The van der Waals surface area contributed by atoms with Crippen molar-refractivity contribution in [3.63, 3.8) is 0 Å². The molecule has 0 saturated heterocycles. The van der Waals surface area contributed by atoms with E-state index in [2.05, 4.69) is 17.5 Å². The lowest BCUT2D eigenvalue weighted by Gasteiger charge is -2.13. The molecule has 0 aliphatic carbocycles. The van der Waals surface area contributed by atoms with E-state index in [0.717, 1.165) is 39.3 Å². The Bertz CT molecular complexity index is 1480. The third kappa shape index (κ3) is 4.85. The van der Waals surface area contributed by atoms with Gasteiger partial charge in [0.1, 0.15) is 5.75 Å². The molecule has 0 aliphatic heterocycles. The molecule has 1 atom stereocenters. The molecule has 0 aliphatic rings. The third-order valence-corrected chi connectivity index (χ3v) is 6.54. The zero-order chi connectivity index (χ0) is 24.4. The first kappa shape index (κ1) is 22.9. The highest BCUT2D eigenvalue weighted by Gasteiger charge is 2.17. The zero-order valence-electron chi connectivity index (χ0n) is 18.8. The minimum atomic E-state index is -1.01. The standard InChI is InChI=1S/C28H21ClN2O3S/c1-18(28(32)33)34-23-6-4-5-19(15-23)24-7-2-3-8-25(24)26-16-27(20-13-14-35-17-20)31(30-26)22-11-9-21(29)10-12-22/h2-18H,1H3,(H,32,33). The quantitative estimate of drug-likeness (QED) is 0.252. The Morgan fingerprint density at radius 3 is 2.46 bits per heavy atom. The molecule has 35 heavy (non-hydrogen) atoms. The monoisotopic (exact) mass is 500 g/mol. The fourth-order valence-corrected chi connectivity index (χ4v) is 4.63. The number of benzene rings is 3. The molecule has 0 fully saturated rings. The maximum absolute atomic E-state index is 11.2. The van der Waals surface area contributed by atoms with E-state index in [1.165, 1.54) is 6.92 Å². The van der Waals surface area contributed by atoms with Gasteiger partial charge >= 0.3 is 5.97 Å². The summed E-state index contributed by atoms with van der Waals surface area (Å²) < 4.78 is 7.52. The van der Waals surface area contributed by atoms with Crippen LogP contribution in [-0.2, 0) is 4.79 Å². The lowest BCUT2D eigenvalue weighted by molar-refractivity contribution is -0.144. The molecular formula is C28H21ClN2O3S. The summed E-state index contributed by atoms with van der Waals surface area (Å²) in [6.45, 7) is 1.51. The molecule has 0 radical (unpaired) electrons. The first-order valence-electron chi connectivity index (χ1n) is 11.0. The Hall–Kier alpha value is -3.87. The summed E-state index contributed by atoms with van der Waals surface area (Å²) in [6.07, 6.45) is -0.941. The smallest absolute Gasteiger partial charge is 0.344 e. The van der Waals surface area contributed by atoms with Gasteiger partial charge in [0.15, 0.2) is 6.10 Å². The molecule has 0 bridgehead atoms. The second-order valence-electron chi connectivity index (χ2n) is 7.99. The Kier molecular flexibility index (Phi) is 6.40. The van der Waals surface area contributed by atoms with Crippen LogP contribution in [0.5, 0.6) is 5.75 Å². The number of aromatic nitrogens is 2. The van der Waals surface area contributed by atoms with Crippen LogP contribution in [0.2, 0.25) is 5.02 Å². The summed E-state index contributed by atoms with van der Waals surface area (Å²) in [5.41, 5.74) is 6.64. The maximum Gasteiger partial charge on any atom is 0.344 e. The van der Waals surface area contributed by atoms with Gasteiger partial charge in [0.2, 0.25) is 0 Å². The fraction of sp³-hybridized carbons (Fsp3) is 0.0714. The van der Waals surface area contributed by atoms with Crippen LogP contribution in [0.1, 0.15) is 6.92 Å². The molecule has 0 amide bonds. The van der Waals surface area contributed by atoms with Crippen molar-refractivity contribution in [2.45, 2.75) is 13.0 Å². The summed E-state index contributed by atoms with van der Waals surface area (Å²) in [4.78, 5) is 11.2. The van der Waals surface area contributed by atoms with Crippen LogP contribution in [0.25, 0.3) is 39.3 Å². The number of hydrogen-bond acceptors (Lipinski definition) is 4. The first-order valence-corrected chi connectivity index (χ1v) is 12.3. The van der Waals surface area contributed by atoms with Gasteiger partial charge in [0, 0.05) is 21.5 Å². The third-order valence-electron chi connectivity index (χ3n) is 5.61. The minimum absolute atomic E-state index is 0.498. The summed E-state index contributed by atoms with van der Waals surface area (Å²) in [7, 11) is 0. The van der Waals surface area contributed by atoms with Crippen molar-refractivity contribution in [3.8, 4) is 45.1 Å². The number of thiophene rings is 1. The number of carboxylic acids is 1. The van der Waals surface area contributed by atoms with Gasteiger partial charge < -0.3 is 9.84 Å². The van der Waals surface area contributed by atoms with Gasteiger partial charge in [0.05, 0.1) is 17.1 Å². The Morgan fingerprint density at radius 1 is 0.971 bits per heavy atom. The maximum atomic E-state index is 11.2. The van der Waals surface area contributed by atoms with Crippen LogP contribution >= 0.6 is 22.9 Å². The van der Waals surface area contributed by atoms with E-state index in [4.69, 9.17) is 21.4 Å². The molecule has 1 N–H and O–H groups in total. The van der Waals surface area contributed by atoms with Gasteiger partial charge in [0.25, 0.3) is 0 Å². The highest BCUT2D eigenvalue weighted by Crippen LogP contribution is 2.36. The van der Waals surface area contributed by atoms with Crippen molar-refractivity contribution in [1.29, 1.82) is 0 Å². The Morgan fingerprint density at radius 2 is 1.74 bits per heavy atom. The zero-order valence-corrected chi connectivity index (χ0v) is 20.3. The highest BCUT2D eigenvalue weighted by molar-refractivity contribution is 7.08. The molecule has 174 valence electrons. The van der Waals surface area contributed by atoms with Crippen LogP contribution < -0.4 is 4.74 Å². The minimum Gasteiger partial charge on any atom is -0.479 e. The van der Waals surface area contributed by atoms with Crippen molar-refractivity contribution in [2.24, 2.45) is 0 Å². The normalized spacial score (nSPS) is 11.8. The number of carbonyl (C=O) groups is 1. The van der Waals surface area contributed by atoms with Gasteiger partial charge in [-0.05, 0) is 72.0 Å².